The van der Waals surface area contributed by atoms with Gasteiger partial charge in [-0.1, -0.05) is 18.2 Å². The largest absolute Gasteiger partial charge is 0.396 e. The minimum atomic E-state index is 0.191. The highest BCUT2D eigenvalue weighted by Gasteiger charge is 1.95. The Balaban J connectivity index is 2.81. The molecular weight excluding hydrogens is 192 g/mol. The lowest BCUT2D eigenvalue weighted by atomic mass is 10.2. The van der Waals surface area contributed by atoms with Crippen molar-refractivity contribution in [3.63, 3.8) is 0 Å². The van der Waals surface area contributed by atoms with Gasteiger partial charge >= 0.3 is 0 Å². The number of halogens is 1. The average molecular weight is 200 g/mol. The molecule has 1 N–H and O–H groups in total. The SMILES string of the molecule is OCCc1ccc[c]c1Br. The van der Waals surface area contributed by atoms with E-state index in [1.165, 1.54) is 0 Å². The van der Waals surface area contributed by atoms with Crippen LogP contribution in [0, 0.1) is 6.07 Å². The molecule has 0 heterocycles. The molecule has 1 aromatic rings. The molecule has 0 bridgehead atoms. The van der Waals surface area contributed by atoms with Crippen LogP contribution in [-0.2, 0) is 6.42 Å². The van der Waals surface area contributed by atoms with E-state index in [1.807, 2.05) is 18.2 Å². The second-order valence-corrected chi connectivity index (χ2v) is 2.78. The number of hydrogen-bond donors (Lipinski definition) is 1. The fraction of sp³-hybridized carbons (Fsp3) is 0.250. The van der Waals surface area contributed by atoms with Crippen LogP contribution in [0.25, 0.3) is 0 Å². The summed E-state index contributed by atoms with van der Waals surface area (Å²) in [5.41, 5.74) is 1.10. The highest BCUT2D eigenvalue weighted by molar-refractivity contribution is 9.10. The molecule has 0 saturated heterocycles. The molecule has 53 valence electrons. The van der Waals surface area contributed by atoms with Gasteiger partial charge in [-0.15, -0.1) is 0 Å². The van der Waals surface area contributed by atoms with E-state index in [0.29, 0.717) is 6.42 Å². The Labute approximate surface area is 68.8 Å². The molecule has 1 rings (SSSR count). The molecule has 10 heavy (non-hydrogen) atoms. The molecule has 0 amide bonds. The van der Waals surface area contributed by atoms with Crippen LogP contribution in [-0.4, -0.2) is 11.7 Å². The zero-order valence-corrected chi connectivity index (χ0v) is 7.06. The van der Waals surface area contributed by atoms with Gasteiger partial charge in [0.15, 0.2) is 0 Å². The molecular formula is C8H8BrO. The van der Waals surface area contributed by atoms with Crippen LogP contribution in [0.3, 0.4) is 0 Å². The normalized spacial score (nSPS) is 9.80. The Morgan fingerprint density at radius 3 is 3.00 bits per heavy atom. The van der Waals surface area contributed by atoms with Crippen molar-refractivity contribution in [2.45, 2.75) is 6.42 Å². The predicted molar refractivity (Wildman–Crippen MR) is 43.8 cm³/mol. The van der Waals surface area contributed by atoms with Gasteiger partial charge in [0, 0.05) is 11.1 Å². The van der Waals surface area contributed by atoms with Crippen LogP contribution in [0.4, 0.5) is 0 Å². The third-order valence-electron chi connectivity index (χ3n) is 1.27. The van der Waals surface area contributed by atoms with E-state index in [9.17, 15) is 0 Å². The van der Waals surface area contributed by atoms with Gasteiger partial charge in [0.25, 0.3) is 0 Å². The molecule has 2 heteroatoms. The zero-order valence-electron chi connectivity index (χ0n) is 5.47. The number of aliphatic hydroxyl groups is 1. The second-order valence-electron chi connectivity index (χ2n) is 1.98. The van der Waals surface area contributed by atoms with E-state index in [0.717, 1.165) is 10.0 Å². The third kappa shape index (κ3) is 1.82. The van der Waals surface area contributed by atoms with Crippen molar-refractivity contribution in [2.75, 3.05) is 6.61 Å². The number of benzene rings is 1. The Morgan fingerprint density at radius 1 is 1.60 bits per heavy atom. The van der Waals surface area contributed by atoms with Crippen molar-refractivity contribution < 1.29 is 5.11 Å². The summed E-state index contributed by atoms with van der Waals surface area (Å²) in [5.74, 6) is 0. The van der Waals surface area contributed by atoms with E-state index >= 15 is 0 Å². The van der Waals surface area contributed by atoms with Crippen LogP contribution in [0.2, 0.25) is 0 Å². The monoisotopic (exact) mass is 199 g/mol. The summed E-state index contributed by atoms with van der Waals surface area (Å²) in [4.78, 5) is 0. The van der Waals surface area contributed by atoms with Gasteiger partial charge in [-0.05, 0) is 34.0 Å². The fourth-order valence-electron chi connectivity index (χ4n) is 0.765. The zero-order chi connectivity index (χ0) is 7.40. The quantitative estimate of drug-likeness (QED) is 0.771. The number of hydrogen-bond acceptors (Lipinski definition) is 1. The topological polar surface area (TPSA) is 20.2 Å². The maximum absolute atomic E-state index is 8.61. The van der Waals surface area contributed by atoms with Gasteiger partial charge in [-0.3, -0.25) is 0 Å². The van der Waals surface area contributed by atoms with Crippen molar-refractivity contribution >= 4 is 15.9 Å². The summed E-state index contributed by atoms with van der Waals surface area (Å²) in [5, 5.41) is 8.61. The van der Waals surface area contributed by atoms with Crippen LogP contribution < -0.4 is 0 Å². The molecule has 1 radical (unpaired) electrons. The Hall–Kier alpha value is -0.340. The summed E-state index contributed by atoms with van der Waals surface area (Å²) in [6, 6.07) is 8.71. The molecule has 0 atom stereocenters. The molecule has 1 aromatic carbocycles. The maximum Gasteiger partial charge on any atom is 0.0471 e. The third-order valence-corrected chi connectivity index (χ3v) is 2.00. The highest BCUT2D eigenvalue weighted by atomic mass is 79.9. The van der Waals surface area contributed by atoms with Crippen molar-refractivity contribution in [3.8, 4) is 0 Å². The summed E-state index contributed by atoms with van der Waals surface area (Å²) >= 11 is 3.33. The summed E-state index contributed by atoms with van der Waals surface area (Å²) < 4.78 is 0.948. The van der Waals surface area contributed by atoms with Crippen molar-refractivity contribution in [3.05, 3.63) is 34.3 Å². The van der Waals surface area contributed by atoms with Gasteiger partial charge in [-0.2, -0.15) is 0 Å². The minimum Gasteiger partial charge on any atom is -0.396 e. The Kier molecular flexibility index (Phi) is 2.90. The first-order valence-corrected chi connectivity index (χ1v) is 3.90. The number of aliphatic hydroxyl groups excluding tert-OH is 1. The minimum absolute atomic E-state index is 0.191. The van der Waals surface area contributed by atoms with Gasteiger partial charge in [0.05, 0.1) is 0 Å². The maximum atomic E-state index is 8.61. The van der Waals surface area contributed by atoms with Crippen LogP contribution in [0.1, 0.15) is 5.56 Å². The molecule has 0 aromatic heterocycles. The van der Waals surface area contributed by atoms with Crippen molar-refractivity contribution in [1.82, 2.24) is 0 Å². The van der Waals surface area contributed by atoms with Crippen LogP contribution >= 0.6 is 15.9 Å². The molecule has 0 spiro atoms. The van der Waals surface area contributed by atoms with Gasteiger partial charge in [0.1, 0.15) is 0 Å². The summed E-state index contributed by atoms with van der Waals surface area (Å²) in [6.45, 7) is 0.191. The molecule has 0 saturated carbocycles. The summed E-state index contributed by atoms with van der Waals surface area (Å²) in [7, 11) is 0. The van der Waals surface area contributed by atoms with Gasteiger partial charge in [0.2, 0.25) is 0 Å². The second kappa shape index (κ2) is 3.74. The van der Waals surface area contributed by atoms with Gasteiger partial charge < -0.3 is 5.11 Å². The van der Waals surface area contributed by atoms with Crippen LogP contribution in [0.5, 0.6) is 0 Å². The van der Waals surface area contributed by atoms with E-state index in [4.69, 9.17) is 5.11 Å². The first-order valence-electron chi connectivity index (χ1n) is 3.10. The Morgan fingerprint density at radius 2 is 2.40 bits per heavy atom. The summed E-state index contributed by atoms with van der Waals surface area (Å²) in [6.07, 6.45) is 0.692. The van der Waals surface area contributed by atoms with Crippen LogP contribution in [0.15, 0.2) is 22.7 Å². The fourth-order valence-corrected chi connectivity index (χ4v) is 1.23. The van der Waals surface area contributed by atoms with E-state index < -0.39 is 0 Å². The predicted octanol–water partition coefficient (Wildman–Crippen LogP) is 1.78. The van der Waals surface area contributed by atoms with E-state index in [-0.39, 0.29) is 6.61 Å². The van der Waals surface area contributed by atoms with Crippen molar-refractivity contribution in [1.29, 1.82) is 0 Å². The lowest BCUT2D eigenvalue weighted by Gasteiger charge is -1.98. The first-order chi connectivity index (χ1) is 4.84. The molecule has 0 unspecified atom stereocenters. The van der Waals surface area contributed by atoms with E-state index in [2.05, 4.69) is 22.0 Å². The van der Waals surface area contributed by atoms with E-state index in [1.54, 1.807) is 0 Å². The Bertz CT molecular complexity index is 210. The van der Waals surface area contributed by atoms with Gasteiger partial charge in [-0.25, -0.2) is 0 Å². The molecule has 0 aliphatic heterocycles. The van der Waals surface area contributed by atoms with Crippen molar-refractivity contribution in [2.24, 2.45) is 0 Å². The average Bonchev–Trinajstić information content (AvgIpc) is 1.94. The number of rotatable bonds is 2. The first kappa shape index (κ1) is 7.76. The lowest BCUT2D eigenvalue weighted by molar-refractivity contribution is 0.299. The molecule has 0 aliphatic carbocycles. The standard InChI is InChI=1S/C8H8BrO/c9-8-4-2-1-3-7(8)5-6-10/h1-3,10H,5-6H2. The lowest BCUT2D eigenvalue weighted by Crippen LogP contribution is -1.90. The highest BCUT2D eigenvalue weighted by Crippen LogP contribution is 2.14. The molecule has 0 aliphatic rings. The molecule has 1 nitrogen and oxygen atoms in total. The molecule has 0 fully saturated rings. The smallest absolute Gasteiger partial charge is 0.0471 e.